The fourth-order valence-corrected chi connectivity index (χ4v) is 5.10. The monoisotopic (exact) mass is 384 g/mol. The molecule has 1 amide bonds. The topological polar surface area (TPSA) is 51.2 Å². The first kappa shape index (κ1) is 17.5. The van der Waals surface area contributed by atoms with Crippen LogP contribution in [-0.4, -0.2) is 29.4 Å². The molecular formula is C20H20N2O2S2. The molecule has 0 radical (unpaired) electrons. The van der Waals surface area contributed by atoms with Crippen LogP contribution in [0.4, 0.5) is 5.13 Å². The third-order valence-corrected chi connectivity index (χ3v) is 6.56. The molecule has 1 aliphatic heterocycles. The number of hydrogen-bond acceptors (Lipinski definition) is 5. The van der Waals surface area contributed by atoms with Gasteiger partial charge < -0.3 is 4.74 Å². The molecule has 6 heteroatoms. The molecule has 1 N–H and O–H groups in total. The quantitative estimate of drug-likeness (QED) is 0.620. The van der Waals surface area contributed by atoms with Crippen LogP contribution in [0.25, 0.3) is 10.2 Å². The van der Waals surface area contributed by atoms with E-state index in [2.05, 4.69) is 10.3 Å². The summed E-state index contributed by atoms with van der Waals surface area (Å²) in [7, 11) is 0. The minimum Gasteiger partial charge on any atom is -0.377 e. The number of aromatic nitrogens is 1. The van der Waals surface area contributed by atoms with Crippen molar-refractivity contribution in [3.8, 4) is 0 Å². The lowest BCUT2D eigenvalue weighted by atomic mass is 10.2. The molecule has 1 fully saturated rings. The zero-order chi connectivity index (χ0) is 17.9. The number of hydrogen-bond donors (Lipinski definition) is 1. The number of anilines is 1. The number of thioether (sulfide) groups is 1. The highest BCUT2D eigenvalue weighted by molar-refractivity contribution is 7.99. The van der Waals surface area contributed by atoms with E-state index in [0.29, 0.717) is 16.8 Å². The van der Waals surface area contributed by atoms with E-state index in [0.717, 1.165) is 45.9 Å². The summed E-state index contributed by atoms with van der Waals surface area (Å²) in [5.41, 5.74) is 2.76. The predicted molar refractivity (Wildman–Crippen MR) is 108 cm³/mol. The summed E-state index contributed by atoms with van der Waals surface area (Å²) >= 11 is 3.19. The number of ether oxygens (including phenoxy) is 1. The summed E-state index contributed by atoms with van der Waals surface area (Å²) in [6.07, 6.45) is 2.53. The third-order valence-electron chi connectivity index (χ3n) is 4.42. The zero-order valence-electron chi connectivity index (χ0n) is 14.5. The van der Waals surface area contributed by atoms with Crippen LogP contribution in [0.2, 0.25) is 0 Å². The molecule has 134 valence electrons. The molecule has 0 bridgehead atoms. The normalized spacial score (nSPS) is 16.9. The molecular weight excluding hydrogens is 364 g/mol. The van der Waals surface area contributed by atoms with Crippen molar-refractivity contribution in [3.05, 3.63) is 53.6 Å². The summed E-state index contributed by atoms with van der Waals surface area (Å²) in [6, 6.07) is 13.8. The largest absolute Gasteiger partial charge is 0.377 e. The van der Waals surface area contributed by atoms with Crippen molar-refractivity contribution < 1.29 is 9.53 Å². The van der Waals surface area contributed by atoms with E-state index >= 15 is 0 Å². The first-order valence-electron chi connectivity index (χ1n) is 8.71. The Hall–Kier alpha value is -1.89. The predicted octanol–water partition coefficient (Wildman–Crippen LogP) is 5.13. The number of para-hydroxylation sites is 1. The van der Waals surface area contributed by atoms with E-state index in [1.54, 1.807) is 11.8 Å². The second kappa shape index (κ2) is 7.78. The maximum Gasteiger partial charge on any atom is 0.258 e. The van der Waals surface area contributed by atoms with Crippen LogP contribution in [0.3, 0.4) is 0 Å². The van der Waals surface area contributed by atoms with E-state index in [1.807, 2.05) is 49.4 Å². The van der Waals surface area contributed by atoms with Crippen molar-refractivity contribution in [2.75, 3.05) is 17.7 Å². The maximum atomic E-state index is 12.8. The molecule has 4 rings (SSSR count). The van der Waals surface area contributed by atoms with E-state index in [4.69, 9.17) is 4.74 Å². The highest BCUT2D eigenvalue weighted by Crippen LogP contribution is 2.30. The van der Waals surface area contributed by atoms with Gasteiger partial charge in [-0.3, -0.25) is 10.1 Å². The SMILES string of the molecule is Cc1cccc2sc(NC(=O)c3ccccc3SC[C@H]3CCCO3)nc12. The van der Waals surface area contributed by atoms with Crippen molar-refractivity contribution in [1.82, 2.24) is 4.98 Å². The average Bonchev–Trinajstić information content (AvgIpc) is 3.30. The fraction of sp³-hybridized carbons (Fsp3) is 0.300. The Morgan fingerprint density at radius 2 is 2.19 bits per heavy atom. The Morgan fingerprint density at radius 3 is 3.00 bits per heavy atom. The van der Waals surface area contributed by atoms with Gasteiger partial charge in [-0.1, -0.05) is 35.6 Å². The zero-order valence-corrected chi connectivity index (χ0v) is 16.2. The molecule has 1 aromatic heterocycles. The minimum absolute atomic E-state index is 0.114. The first-order valence-corrected chi connectivity index (χ1v) is 10.5. The average molecular weight is 385 g/mol. The number of rotatable bonds is 5. The van der Waals surface area contributed by atoms with Gasteiger partial charge >= 0.3 is 0 Å². The highest BCUT2D eigenvalue weighted by atomic mass is 32.2. The van der Waals surface area contributed by atoms with Gasteiger partial charge in [0, 0.05) is 17.3 Å². The van der Waals surface area contributed by atoms with Gasteiger partial charge in [-0.2, -0.15) is 0 Å². The summed E-state index contributed by atoms with van der Waals surface area (Å²) in [5.74, 6) is 0.766. The van der Waals surface area contributed by atoms with Crippen LogP contribution in [0, 0.1) is 6.92 Å². The Bertz CT molecular complexity index is 932. The number of carbonyl (C=O) groups excluding carboxylic acids is 1. The molecule has 0 spiro atoms. The Balaban J connectivity index is 1.50. The third kappa shape index (κ3) is 3.77. The molecule has 2 heterocycles. The van der Waals surface area contributed by atoms with Crippen molar-refractivity contribution in [2.45, 2.75) is 30.8 Å². The molecule has 3 aromatic rings. The number of carbonyl (C=O) groups is 1. The van der Waals surface area contributed by atoms with Gasteiger partial charge in [-0.15, -0.1) is 11.8 Å². The van der Waals surface area contributed by atoms with Crippen LogP contribution in [0.5, 0.6) is 0 Å². The molecule has 0 saturated carbocycles. The van der Waals surface area contributed by atoms with E-state index in [-0.39, 0.29) is 5.91 Å². The van der Waals surface area contributed by atoms with Gasteiger partial charge in [-0.05, 0) is 43.5 Å². The molecule has 1 aliphatic rings. The van der Waals surface area contributed by atoms with Gasteiger partial charge in [0.25, 0.3) is 5.91 Å². The smallest absolute Gasteiger partial charge is 0.258 e. The van der Waals surface area contributed by atoms with Crippen molar-refractivity contribution in [3.63, 3.8) is 0 Å². The summed E-state index contributed by atoms with van der Waals surface area (Å²) in [4.78, 5) is 18.4. The molecule has 0 unspecified atom stereocenters. The number of fused-ring (bicyclic) bond motifs is 1. The van der Waals surface area contributed by atoms with Gasteiger partial charge in [-0.25, -0.2) is 4.98 Å². The van der Waals surface area contributed by atoms with E-state index in [9.17, 15) is 4.79 Å². The van der Waals surface area contributed by atoms with Gasteiger partial charge in [0.15, 0.2) is 5.13 Å². The lowest BCUT2D eigenvalue weighted by Crippen LogP contribution is -2.14. The van der Waals surface area contributed by atoms with Crippen LogP contribution < -0.4 is 5.32 Å². The molecule has 26 heavy (non-hydrogen) atoms. The maximum absolute atomic E-state index is 12.8. The number of aryl methyl sites for hydroxylation is 1. The summed E-state index contributed by atoms with van der Waals surface area (Å²) in [5, 5.41) is 3.60. The summed E-state index contributed by atoms with van der Waals surface area (Å²) < 4.78 is 6.77. The number of nitrogens with zero attached hydrogens (tertiary/aromatic N) is 1. The standard InChI is InChI=1S/C20H20N2O2S2/c1-13-6-4-10-17-18(13)21-20(26-17)22-19(23)15-8-2-3-9-16(15)25-12-14-7-5-11-24-14/h2-4,6,8-10,14H,5,7,11-12H2,1H3,(H,21,22,23)/t14-/m1/s1. The minimum atomic E-state index is -0.114. The number of thiazole rings is 1. The molecule has 4 nitrogen and oxygen atoms in total. The molecule has 1 atom stereocenters. The second-order valence-electron chi connectivity index (χ2n) is 6.34. The Labute approximate surface area is 161 Å². The number of benzene rings is 2. The van der Waals surface area contributed by atoms with Gasteiger partial charge in [0.05, 0.1) is 21.9 Å². The Morgan fingerprint density at radius 1 is 1.31 bits per heavy atom. The van der Waals surface area contributed by atoms with E-state index in [1.165, 1.54) is 11.3 Å². The van der Waals surface area contributed by atoms with Crippen molar-refractivity contribution in [2.24, 2.45) is 0 Å². The molecule has 1 saturated heterocycles. The van der Waals surface area contributed by atoms with Gasteiger partial charge in [0.2, 0.25) is 0 Å². The Kier molecular flexibility index (Phi) is 5.24. The fourth-order valence-electron chi connectivity index (χ4n) is 3.04. The first-order chi connectivity index (χ1) is 12.7. The van der Waals surface area contributed by atoms with Crippen molar-refractivity contribution in [1.29, 1.82) is 0 Å². The van der Waals surface area contributed by atoms with Crippen molar-refractivity contribution >= 4 is 44.4 Å². The number of nitrogens with one attached hydrogen (secondary N) is 1. The second-order valence-corrected chi connectivity index (χ2v) is 8.43. The van der Waals surface area contributed by atoms with Crippen LogP contribution >= 0.6 is 23.1 Å². The summed E-state index contributed by atoms with van der Waals surface area (Å²) in [6.45, 7) is 2.88. The molecule has 2 aromatic carbocycles. The van der Waals surface area contributed by atoms with E-state index < -0.39 is 0 Å². The molecule has 0 aliphatic carbocycles. The lowest BCUT2D eigenvalue weighted by Gasteiger charge is -2.11. The van der Waals surface area contributed by atoms with Crippen LogP contribution in [0.15, 0.2) is 47.4 Å². The van der Waals surface area contributed by atoms with Gasteiger partial charge in [0.1, 0.15) is 0 Å². The number of amides is 1. The lowest BCUT2D eigenvalue weighted by molar-refractivity contribution is 0.102. The van der Waals surface area contributed by atoms with Crippen LogP contribution in [0.1, 0.15) is 28.8 Å². The highest BCUT2D eigenvalue weighted by Gasteiger charge is 2.18. The van der Waals surface area contributed by atoms with Crippen LogP contribution in [-0.2, 0) is 4.74 Å².